The van der Waals surface area contributed by atoms with E-state index in [2.05, 4.69) is 0 Å². The van der Waals surface area contributed by atoms with Crippen molar-refractivity contribution >= 4 is 11.9 Å². The number of hydrogen-bond donors (Lipinski definition) is 0. The van der Waals surface area contributed by atoms with Crippen molar-refractivity contribution < 1.29 is 23.8 Å². The van der Waals surface area contributed by atoms with E-state index in [4.69, 9.17) is 14.2 Å². The molecule has 1 rings (SSSR count). The minimum absolute atomic E-state index is 0.0308. The van der Waals surface area contributed by atoms with Gasteiger partial charge in [-0.15, -0.1) is 0 Å². The summed E-state index contributed by atoms with van der Waals surface area (Å²) >= 11 is 0. The van der Waals surface area contributed by atoms with Crippen molar-refractivity contribution in [1.29, 1.82) is 0 Å². The number of rotatable bonds is 11. The topological polar surface area (TPSA) is 61.8 Å². The number of esters is 2. The van der Waals surface area contributed by atoms with Crippen molar-refractivity contribution in [2.24, 2.45) is 0 Å². The Kier molecular flexibility index (Phi) is 9.71. The van der Waals surface area contributed by atoms with E-state index in [9.17, 15) is 9.59 Å². The summed E-state index contributed by atoms with van der Waals surface area (Å²) in [5, 5.41) is 0. The Morgan fingerprint density at radius 1 is 0.957 bits per heavy atom. The maximum atomic E-state index is 11.6. The monoisotopic (exact) mass is 322 g/mol. The summed E-state index contributed by atoms with van der Waals surface area (Å²) in [5.41, 5.74) is 1.04. The number of carbonyl (C=O) groups is 2. The third-order valence-corrected chi connectivity index (χ3v) is 3.05. The van der Waals surface area contributed by atoms with Gasteiger partial charge in [0.2, 0.25) is 0 Å². The molecule has 0 aliphatic rings. The molecule has 0 saturated carbocycles. The van der Waals surface area contributed by atoms with Gasteiger partial charge in [0.05, 0.1) is 13.2 Å². The smallest absolute Gasteiger partial charge is 0.306 e. The normalized spacial score (nSPS) is 11.7. The van der Waals surface area contributed by atoms with E-state index in [1.807, 2.05) is 44.2 Å². The molecule has 0 bridgehead atoms. The van der Waals surface area contributed by atoms with Crippen LogP contribution in [0.3, 0.4) is 0 Å². The zero-order valence-corrected chi connectivity index (χ0v) is 14.0. The lowest BCUT2D eigenvalue weighted by molar-refractivity contribution is -0.163. The molecule has 1 aromatic rings. The zero-order chi connectivity index (χ0) is 16.9. The average Bonchev–Trinajstić information content (AvgIpc) is 2.54. The Morgan fingerprint density at radius 3 is 2.26 bits per heavy atom. The van der Waals surface area contributed by atoms with Crippen LogP contribution in [0.4, 0.5) is 0 Å². The van der Waals surface area contributed by atoms with Crippen LogP contribution < -0.4 is 0 Å². The van der Waals surface area contributed by atoms with E-state index in [0.29, 0.717) is 25.9 Å². The van der Waals surface area contributed by atoms with Crippen molar-refractivity contribution in [1.82, 2.24) is 0 Å². The summed E-state index contributed by atoms with van der Waals surface area (Å²) in [7, 11) is 0. The quantitative estimate of drug-likeness (QED) is 0.585. The molecule has 0 aliphatic heterocycles. The Balaban J connectivity index is 2.42. The molecule has 1 unspecified atom stereocenters. The highest BCUT2D eigenvalue weighted by Gasteiger charge is 2.17. The fourth-order valence-corrected chi connectivity index (χ4v) is 1.91. The van der Waals surface area contributed by atoms with E-state index in [0.717, 1.165) is 12.0 Å². The molecule has 5 nitrogen and oxygen atoms in total. The molecule has 0 heterocycles. The van der Waals surface area contributed by atoms with Gasteiger partial charge in [0.15, 0.2) is 6.10 Å². The Morgan fingerprint density at radius 2 is 1.61 bits per heavy atom. The van der Waals surface area contributed by atoms with Crippen LogP contribution in [0.25, 0.3) is 0 Å². The summed E-state index contributed by atoms with van der Waals surface area (Å²) in [6, 6.07) is 9.72. The lowest BCUT2D eigenvalue weighted by Gasteiger charge is -2.18. The van der Waals surface area contributed by atoms with Crippen molar-refractivity contribution in [2.75, 3.05) is 13.2 Å². The highest BCUT2D eigenvalue weighted by atomic mass is 16.6. The summed E-state index contributed by atoms with van der Waals surface area (Å²) in [6.45, 7) is 4.46. The van der Waals surface area contributed by atoms with E-state index in [-0.39, 0.29) is 25.2 Å². The fraction of sp³-hybridized carbons (Fsp3) is 0.556. The molecule has 0 aliphatic carbocycles. The largest absolute Gasteiger partial charge is 0.462 e. The van der Waals surface area contributed by atoms with Crippen molar-refractivity contribution in [3.8, 4) is 0 Å². The summed E-state index contributed by atoms with van der Waals surface area (Å²) in [4.78, 5) is 23.1. The number of benzene rings is 1. The van der Waals surface area contributed by atoms with Crippen LogP contribution >= 0.6 is 0 Å². The summed E-state index contributed by atoms with van der Waals surface area (Å²) in [6.07, 6.45) is 1.58. The molecular weight excluding hydrogens is 296 g/mol. The van der Waals surface area contributed by atoms with Crippen molar-refractivity contribution in [3.05, 3.63) is 35.9 Å². The van der Waals surface area contributed by atoms with Gasteiger partial charge < -0.3 is 14.2 Å². The molecule has 0 fully saturated rings. The van der Waals surface area contributed by atoms with Gasteiger partial charge in [-0.2, -0.15) is 0 Å². The molecule has 0 aromatic heterocycles. The maximum Gasteiger partial charge on any atom is 0.306 e. The Labute approximate surface area is 137 Å². The molecule has 5 heteroatoms. The van der Waals surface area contributed by atoms with Crippen LogP contribution in [0.1, 0.15) is 45.1 Å². The van der Waals surface area contributed by atoms with Crippen LogP contribution in [0.5, 0.6) is 0 Å². The third kappa shape index (κ3) is 8.98. The van der Waals surface area contributed by atoms with Gasteiger partial charge >= 0.3 is 11.9 Å². The third-order valence-electron chi connectivity index (χ3n) is 3.05. The standard InChI is InChI=1S/C18H26O5/c1-3-8-17(19)22-14-16(23-18(20)9-4-2)13-21-12-15-10-6-5-7-11-15/h5-7,10-11,16H,3-4,8-9,12-14H2,1-2H3. The van der Waals surface area contributed by atoms with Gasteiger partial charge in [0, 0.05) is 12.8 Å². The van der Waals surface area contributed by atoms with Crippen LogP contribution in [-0.4, -0.2) is 31.3 Å². The second-order valence-corrected chi connectivity index (χ2v) is 5.30. The summed E-state index contributed by atoms with van der Waals surface area (Å²) in [5.74, 6) is -0.584. The van der Waals surface area contributed by atoms with Crippen molar-refractivity contribution in [3.63, 3.8) is 0 Å². The number of ether oxygens (including phenoxy) is 3. The first-order valence-corrected chi connectivity index (χ1v) is 8.12. The molecule has 0 saturated heterocycles. The van der Waals surface area contributed by atoms with Gasteiger partial charge in [-0.05, 0) is 18.4 Å². The van der Waals surface area contributed by atoms with E-state index in [1.165, 1.54) is 0 Å². The second kappa shape index (κ2) is 11.7. The molecule has 1 aromatic carbocycles. The van der Waals surface area contributed by atoms with Crippen molar-refractivity contribution in [2.45, 2.75) is 52.2 Å². The average molecular weight is 322 g/mol. The fourth-order valence-electron chi connectivity index (χ4n) is 1.91. The molecule has 0 radical (unpaired) electrons. The molecule has 0 spiro atoms. The Hall–Kier alpha value is -1.88. The van der Waals surface area contributed by atoms with Gasteiger partial charge in [-0.3, -0.25) is 9.59 Å². The minimum Gasteiger partial charge on any atom is -0.462 e. The molecular formula is C18H26O5. The predicted molar refractivity (Wildman–Crippen MR) is 86.8 cm³/mol. The SMILES string of the molecule is CCCC(=O)OCC(COCc1ccccc1)OC(=O)CCC. The molecule has 0 amide bonds. The lowest BCUT2D eigenvalue weighted by atomic mass is 10.2. The van der Waals surface area contributed by atoms with Gasteiger partial charge in [-0.25, -0.2) is 0 Å². The van der Waals surface area contributed by atoms with E-state index in [1.54, 1.807) is 0 Å². The van der Waals surface area contributed by atoms with Gasteiger partial charge in [0.1, 0.15) is 6.61 Å². The maximum absolute atomic E-state index is 11.6. The Bertz CT molecular complexity index is 458. The van der Waals surface area contributed by atoms with Crippen LogP contribution in [0, 0.1) is 0 Å². The first kappa shape index (κ1) is 19.2. The van der Waals surface area contributed by atoms with Crippen LogP contribution in [0.2, 0.25) is 0 Å². The first-order chi connectivity index (χ1) is 11.2. The molecule has 128 valence electrons. The number of carbonyl (C=O) groups excluding carboxylic acids is 2. The predicted octanol–water partition coefficient (Wildman–Crippen LogP) is 3.26. The minimum atomic E-state index is -0.571. The molecule has 1 atom stereocenters. The summed E-state index contributed by atoms with van der Waals surface area (Å²) < 4.78 is 16.0. The molecule has 23 heavy (non-hydrogen) atoms. The zero-order valence-electron chi connectivity index (χ0n) is 14.0. The van der Waals surface area contributed by atoms with Crippen LogP contribution in [-0.2, 0) is 30.4 Å². The van der Waals surface area contributed by atoms with E-state index < -0.39 is 6.10 Å². The lowest BCUT2D eigenvalue weighted by Crippen LogP contribution is -2.29. The number of hydrogen-bond acceptors (Lipinski definition) is 5. The van der Waals surface area contributed by atoms with E-state index >= 15 is 0 Å². The highest BCUT2D eigenvalue weighted by Crippen LogP contribution is 2.05. The van der Waals surface area contributed by atoms with Gasteiger partial charge in [-0.1, -0.05) is 44.2 Å². The second-order valence-electron chi connectivity index (χ2n) is 5.30. The van der Waals surface area contributed by atoms with Gasteiger partial charge in [0.25, 0.3) is 0 Å². The first-order valence-electron chi connectivity index (χ1n) is 8.12. The van der Waals surface area contributed by atoms with Crippen LogP contribution in [0.15, 0.2) is 30.3 Å². The highest BCUT2D eigenvalue weighted by molar-refractivity contribution is 5.70. The molecule has 0 N–H and O–H groups in total.